The molecule has 0 spiro atoms. The molecule has 3 rings (SSSR count). The van der Waals surface area contributed by atoms with Crippen molar-refractivity contribution in [3.05, 3.63) is 59.2 Å². The Balaban J connectivity index is 2.19. The zero-order chi connectivity index (χ0) is 23.1. The first-order valence-corrected chi connectivity index (χ1v) is 10.6. The van der Waals surface area contributed by atoms with Crippen molar-refractivity contribution in [3.8, 4) is 11.3 Å². The average Bonchev–Trinajstić information content (AvgIpc) is 2.97. The van der Waals surface area contributed by atoms with Crippen LogP contribution in [0.1, 0.15) is 51.3 Å². The van der Waals surface area contributed by atoms with Crippen LogP contribution in [-0.2, 0) is 21.5 Å². The minimum atomic E-state index is -0.778. The van der Waals surface area contributed by atoms with E-state index in [1.165, 1.54) is 11.1 Å². The second-order valence-electron chi connectivity index (χ2n) is 10.1. The molecule has 0 unspecified atom stereocenters. The Labute approximate surface area is 184 Å². The van der Waals surface area contributed by atoms with Gasteiger partial charge in [0, 0.05) is 22.1 Å². The van der Waals surface area contributed by atoms with E-state index in [-0.39, 0.29) is 23.9 Å². The number of benzene rings is 2. The van der Waals surface area contributed by atoms with Gasteiger partial charge in [-0.05, 0) is 89.9 Å². The number of fused-ring (bicyclic) bond motifs is 1. The molecule has 3 aromatic rings. The van der Waals surface area contributed by atoms with E-state index >= 15 is 0 Å². The molecule has 0 aliphatic heterocycles. The fourth-order valence-electron chi connectivity index (χ4n) is 3.94. The number of primary amides is 1. The largest absolute Gasteiger partial charge is 0.369 e. The molecule has 2 amide bonds. The summed E-state index contributed by atoms with van der Waals surface area (Å²) in [4.78, 5) is 24.8. The lowest BCUT2D eigenvalue weighted by Crippen LogP contribution is -2.42. The SMILES string of the molecule is Cc1cc(C)cc(-c2cc3cc(C(C)(C)C(N)=O)ccc3n2CC(=O)NC(C)(C)C)c1. The second-order valence-corrected chi connectivity index (χ2v) is 10.1. The number of hydrogen-bond donors (Lipinski definition) is 2. The maximum Gasteiger partial charge on any atom is 0.240 e. The van der Waals surface area contributed by atoms with Crippen LogP contribution >= 0.6 is 0 Å². The Morgan fingerprint density at radius 2 is 1.55 bits per heavy atom. The minimum Gasteiger partial charge on any atom is -0.369 e. The maximum atomic E-state index is 12.8. The van der Waals surface area contributed by atoms with Crippen LogP contribution in [0.3, 0.4) is 0 Å². The van der Waals surface area contributed by atoms with E-state index in [2.05, 4.69) is 43.4 Å². The highest BCUT2D eigenvalue weighted by Crippen LogP contribution is 2.33. The van der Waals surface area contributed by atoms with Crippen molar-refractivity contribution in [2.24, 2.45) is 5.73 Å². The number of aromatic nitrogens is 1. The number of aryl methyl sites for hydroxylation is 2. The van der Waals surface area contributed by atoms with Crippen LogP contribution in [0.25, 0.3) is 22.2 Å². The summed E-state index contributed by atoms with van der Waals surface area (Å²) in [6.07, 6.45) is 0. The summed E-state index contributed by atoms with van der Waals surface area (Å²) in [5, 5.41) is 4.03. The number of nitrogens with one attached hydrogen (secondary N) is 1. The van der Waals surface area contributed by atoms with Gasteiger partial charge in [0.1, 0.15) is 6.54 Å². The number of rotatable bonds is 5. The van der Waals surface area contributed by atoms with Crippen molar-refractivity contribution >= 4 is 22.7 Å². The first kappa shape index (κ1) is 22.6. The Morgan fingerprint density at radius 3 is 2.10 bits per heavy atom. The lowest BCUT2D eigenvalue weighted by Gasteiger charge is -2.22. The third kappa shape index (κ3) is 4.82. The highest BCUT2D eigenvalue weighted by molar-refractivity contribution is 5.92. The fraction of sp³-hybridized carbons (Fsp3) is 0.385. The van der Waals surface area contributed by atoms with Gasteiger partial charge in [-0.15, -0.1) is 0 Å². The number of hydrogen-bond acceptors (Lipinski definition) is 2. The maximum absolute atomic E-state index is 12.8. The molecule has 5 heteroatoms. The molecular weight excluding hydrogens is 386 g/mol. The standard InChI is InChI=1S/C26H33N3O2/c1-16-10-17(2)12-18(11-16)22-14-19-13-20(26(6,7)24(27)31)8-9-21(19)29(22)15-23(30)28-25(3,4)5/h8-14H,15H2,1-7H3,(H2,27,31)(H,28,30). The van der Waals surface area contributed by atoms with Crippen molar-refractivity contribution in [3.63, 3.8) is 0 Å². The zero-order valence-electron chi connectivity index (χ0n) is 19.6. The smallest absolute Gasteiger partial charge is 0.240 e. The van der Waals surface area contributed by atoms with Crippen LogP contribution in [-0.4, -0.2) is 21.9 Å². The third-order valence-electron chi connectivity index (χ3n) is 5.57. The molecule has 5 nitrogen and oxygen atoms in total. The topological polar surface area (TPSA) is 77.1 Å². The van der Waals surface area contributed by atoms with Gasteiger partial charge >= 0.3 is 0 Å². The van der Waals surface area contributed by atoms with Crippen LogP contribution in [0.15, 0.2) is 42.5 Å². The highest BCUT2D eigenvalue weighted by atomic mass is 16.2. The van der Waals surface area contributed by atoms with Crippen molar-refractivity contribution < 1.29 is 9.59 Å². The van der Waals surface area contributed by atoms with Gasteiger partial charge in [0.2, 0.25) is 11.8 Å². The summed E-state index contributed by atoms with van der Waals surface area (Å²) in [5.74, 6) is -0.414. The molecule has 0 aliphatic rings. The summed E-state index contributed by atoms with van der Waals surface area (Å²) in [6, 6.07) is 14.4. The van der Waals surface area contributed by atoms with E-state index < -0.39 is 5.41 Å². The predicted octanol–water partition coefficient (Wildman–Crippen LogP) is 4.60. The number of carbonyl (C=O) groups is 2. The van der Waals surface area contributed by atoms with Gasteiger partial charge in [-0.1, -0.05) is 23.3 Å². The van der Waals surface area contributed by atoms with Gasteiger partial charge < -0.3 is 15.6 Å². The molecule has 2 aromatic carbocycles. The van der Waals surface area contributed by atoms with E-state index in [0.29, 0.717) is 0 Å². The molecule has 1 aromatic heterocycles. The zero-order valence-corrected chi connectivity index (χ0v) is 19.6. The lowest BCUT2D eigenvalue weighted by atomic mass is 9.83. The summed E-state index contributed by atoms with van der Waals surface area (Å²) in [5.41, 5.74) is 10.7. The summed E-state index contributed by atoms with van der Waals surface area (Å²) in [7, 11) is 0. The van der Waals surface area contributed by atoms with Crippen LogP contribution in [0.5, 0.6) is 0 Å². The quantitative estimate of drug-likeness (QED) is 0.634. The molecule has 3 N–H and O–H groups in total. The molecule has 0 aliphatic carbocycles. The molecule has 0 saturated carbocycles. The van der Waals surface area contributed by atoms with Gasteiger partial charge in [0.15, 0.2) is 0 Å². The van der Waals surface area contributed by atoms with E-state index in [0.717, 1.165) is 27.7 Å². The van der Waals surface area contributed by atoms with Crippen LogP contribution in [0, 0.1) is 13.8 Å². The monoisotopic (exact) mass is 419 g/mol. The minimum absolute atomic E-state index is 0.0443. The molecule has 31 heavy (non-hydrogen) atoms. The Bertz CT molecular complexity index is 1140. The predicted molar refractivity (Wildman–Crippen MR) is 127 cm³/mol. The second kappa shape index (κ2) is 7.88. The molecule has 0 fully saturated rings. The number of nitrogens with zero attached hydrogens (tertiary/aromatic N) is 1. The molecule has 0 saturated heterocycles. The fourth-order valence-corrected chi connectivity index (χ4v) is 3.94. The molecule has 164 valence electrons. The molecule has 0 bridgehead atoms. The summed E-state index contributed by atoms with van der Waals surface area (Å²) >= 11 is 0. The highest BCUT2D eigenvalue weighted by Gasteiger charge is 2.28. The molecular formula is C26H33N3O2. The van der Waals surface area contributed by atoms with Crippen LogP contribution in [0.2, 0.25) is 0 Å². The Morgan fingerprint density at radius 1 is 0.935 bits per heavy atom. The van der Waals surface area contributed by atoms with Crippen LogP contribution in [0.4, 0.5) is 0 Å². The van der Waals surface area contributed by atoms with Gasteiger partial charge in [0.05, 0.1) is 5.41 Å². The number of amides is 2. The Hall–Kier alpha value is -3.08. The normalized spacial score (nSPS) is 12.2. The Kier molecular flexibility index (Phi) is 5.74. The van der Waals surface area contributed by atoms with Crippen molar-refractivity contribution in [2.45, 2.75) is 66.0 Å². The van der Waals surface area contributed by atoms with Crippen molar-refractivity contribution in [1.82, 2.24) is 9.88 Å². The first-order valence-electron chi connectivity index (χ1n) is 10.6. The first-order chi connectivity index (χ1) is 14.3. The van der Waals surface area contributed by atoms with Gasteiger partial charge in [-0.25, -0.2) is 0 Å². The summed E-state index contributed by atoms with van der Waals surface area (Å²) in [6.45, 7) is 13.9. The van der Waals surface area contributed by atoms with Gasteiger partial charge in [0.25, 0.3) is 0 Å². The van der Waals surface area contributed by atoms with E-state index in [1.807, 2.05) is 57.4 Å². The molecule has 0 radical (unpaired) electrons. The van der Waals surface area contributed by atoms with Crippen molar-refractivity contribution in [1.29, 1.82) is 0 Å². The van der Waals surface area contributed by atoms with Crippen molar-refractivity contribution in [2.75, 3.05) is 0 Å². The molecule has 0 atom stereocenters. The number of carbonyl (C=O) groups excluding carboxylic acids is 2. The lowest BCUT2D eigenvalue weighted by molar-refractivity contribution is -0.123. The van der Waals surface area contributed by atoms with E-state index in [9.17, 15) is 9.59 Å². The van der Waals surface area contributed by atoms with Gasteiger partial charge in [-0.3, -0.25) is 9.59 Å². The van der Waals surface area contributed by atoms with Crippen LogP contribution < -0.4 is 11.1 Å². The number of nitrogens with two attached hydrogens (primary N) is 1. The average molecular weight is 420 g/mol. The summed E-state index contributed by atoms with van der Waals surface area (Å²) < 4.78 is 2.05. The van der Waals surface area contributed by atoms with E-state index in [1.54, 1.807) is 0 Å². The van der Waals surface area contributed by atoms with Gasteiger partial charge in [-0.2, -0.15) is 0 Å². The van der Waals surface area contributed by atoms with E-state index in [4.69, 9.17) is 5.73 Å². The molecule has 1 heterocycles. The third-order valence-corrected chi connectivity index (χ3v) is 5.57.